The first-order valence-corrected chi connectivity index (χ1v) is 44.1. The predicted molar refractivity (Wildman–Crippen MR) is 427 cm³/mol. The van der Waals surface area contributed by atoms with Crippen molar-refractivity contribution in [3.8, 4) is 0 Å². The summed E-state index contributed by atoms with van der Waals surface area (Å²) < 4.78 is 68.6. The number of rotatable bonds is 77. The number of hydrogen-bond donors (Lipinski definition) is 3. The molecule has 600 valence electrons. The monoisotopic (exact) mass is 1500 g/mol. The van der Waals surface area contributed by atoms with Gasteiger partial charge in [0.05, 0.1) is 26.4 Å². The van der Waals surface area contributed by atoms with Crippen molar-refractivity contribution in [1.29, 1.82) is 0 Å². The molecule has 0 rings (SSSR count). The number of aliphatic hydroxyl groups excluding tert-OH is 1. The number of phosphoric ester groups is 2. The molecule has 0 saturated carbocycles. The van der Waals surface area contributed by atoms with Gasteiger partial charge in [-0.15, -0.1) is 0 Å². The summed E-state index contributed by atoms with van der Waals surface area (Å²) in [7, 11) is -9.98. The van der Waals surface area contributed by atoms with Crippen LogP contribution in [0.1, 0.15) is 349 Å². The van der Waals surface area contributed by atoms with Gasteiger partial charge < -0.3 is 33.8 Å². The summed E-state index contributed by atoms with van der Waals surface area (Å²) in [6.45, 7) is 4.73. The second-order valence-electron chi connectivity index (χ2n) is 27.3. The highest BCUT2D eigenvalue weighted by molar-refractivity contribution is 7.47. The lowest BCUT2D eigenvalue weighted by Crippen LogP contribution is -2.30. The minimum Gasteiger partial charge on any atom is -0.462 e. The fourth-order valence-electron chi connectivity index (χ4n) is 10.9. The molecular formula is C85H148O17P2. The van der Waals surface area contributed by atoms with Gasteiger partial charge in [-0.25, -0.2) is 9.13 Å². The van der Waals surface area contributed by atoms with Crippen LogP contribution in [0.25, 0.3) is 0 Å². The summed E-state index contributed by atoms with van der Waals surface area (Å²) in [5, 5.41) is 10.6. The smallest absolute Gasteiger partial charge is 0.462 e. The summed E-state index contributed by atoms with van der Waals surface area (Å²) in [4.78, 5) is 73.0. The van der Waals surface area contributed by atoms with Crippen LogP contribution in [0.4, 0.5) is 0 Å². The fourth-order valence-corrected chi connectivity index (χ4v) is 12.4. The molecular weight excluding hydrogens is 1350 g/mol. The molecule has 0 spiro atoms. The predicted octanol–water partition coefficient (Wildman–Crippen LogP) is 24.1. The molecule has 0 aliphatic rings. The summed E-state index contributed by atoms with van der Waals surface area (Å²) in [6, 6.07) is 0. The number of carbonyl (C=O) groups excluding carboxylic acids is 4. The molecule has 0 aliphatic carbocycles. The average molecular weight is 1500 g/mol. The van der Waals surface area contributed by atoms with E-state index in [4.69, 9.17) is 37.0 Å². The third kappa shape index (κ3) is 75.9. The van der Waals surface area contributed by atoms with Crippen LogP contribution in [-0.2, 0) is 65.4 Å². The van der Waals surface area contributed by atoms with Crippen molar-refractivity contribution in [2.45, 2.75) is 367 Å². The first-order valence-electron chi connectivity index (χ1n) is 41.1. The molecule has 5 atom stereocenters. The number of phosphoric acid groups is 2. The molecule has 3 N–H and O–H groups in total. The van der Waals surface area contributed by atoms with Crippen molar-refractivity contribution in [3.63, 3.8) is 0 Å². The lowest BCUT2D eigenvalue weighted by atomic mass is 10.1. The van der Waals surface area contributed by atoms with E-state index < -0.39 is 97.5 Å². The molecule has 104 heavy (non-hydrogen) atoms. The number of ether oxygens (including phenoxy) is 4. The summed E-state index contributed by atoms with van der Waals surface area (Å²) >= 11 is 0. The highest BCUT2D eigenvalue weighted by Gasteiger charge is 2.30. The van der Waals surface area contributed by atoms with Crippen molar-refractivity contribution in [3.05, 3.63) is 109 Å². The number of hydrogen-bond acceptors (Lipinski definition) is 15. The van der Waals surface area contributed by atoms with Crippen LogP contribution in [0.5, 0.6) is 0 Å². The van der Waals surface area contributed by atoms with Gasteiger partial charge in [-0.2, -0.15) is 0 Å². The zero-order valence-electron chi connectivity index (χ0n) is 65.7. The van der Waals surface area contributed by atoms with Crippen molar-refractivity contribution < 1.29 is 80.2 Å². The van der Waals surface area contributed by atoms with Crippen molar-refractivity contribution in [2.24, 2.45) is 0 Å². The van der Waals surface area contributed by atoms with Crippen molar-refractivity contribution in [2.75, 3.05) is 39.6 Å². The normalized spacial score (nSPS) is 14.4. The second-order valence-corrected chi connectivity index (χ2v) is 30.3. The van der Waals surface area contributed by atoms with Crippen LogP contribution in [0, 0.1) is 0 Å². The molecule has 0 fully saturated rings. The highest BCUT2D eigenvalue weighted by atomic mass is 31.2. The molecule has 0 aromatic heterocycles. The molecule has 0 bridgehead atoms. The summed E-state index contributed by atoms with van der Waals surface area (Å²) in [5.74, 6) is -2.29. The molecule has 0 saturated heterocycles. The van der Waals surface area contributed by atoms with E-state index in [2.05, 4.69) is 125 Å². The molecule has 0 amide bonds. The van der Waals surface area contributed by atoms with Crippen LogP contribution in [0.15, 0.2) is 109 Å². The molecule has 0 aromatic carbocycles. The summed E-state index contributed by atoms with van der Waals surface area (Å²) in [6.07, 6.45) is 83.6. The van der Waals surface area contributed by atoms with Crippen molar-refractivity contribution >= 4 is 39.5 Å². The van der Waals surface area contributed by atoms with E-state index >= 15 is 0 Å². The first kappa shape index (κ1) is 99.7. The fraction of sp³-hybridized carbons (Fsp3) is 0.741. The molecule has 19 heteroatoms. The Balaban J connectivity index is 5.43. The average Bonchev–Trinajstić information content (AvgIpc) is 0.918. The number of unbranched alkanes of at least 4 members (excludes halogenated alkanes) is 33. The van der Waals surface area contributed by atoms with Crippen LogP contribution in [0.2, 0.25) is 0 Å². The van der Waals surface area contributed by atoms with Gasteiger partial charge in [0.2, 0.25) is 0 Å². The Morgan fingerprint density at radius 3 is 0.817 bits per heavy atom. The lowest BCUT2D eigenvalue weighted by Gasteiger charge is -2.21. The maximum absolute atomic E-state index is 13.1. The van der Waals surface area contributed by atoms with Crippen molar-refractivity contribution in [1.82, 2.24) is 0 Å². The second kappa shape index (κ2) is 76.9. The van der Waals surface area contributed by atoms with E-state index in [1.165, 1.54) is 103 Å². The Morgan fingerprint density at radius 1 is 0.269 bits per heavy atom. The number of carbonyl (C=O) groups is 4. The largest absolute Gasteiger partial charge is 0.472 e. The molecule has 17 nitrogen and oxygen atoms in total. The van der Waals surface area contributed by atoms with Gasteiger partial charge >= 0.3 is 39.5 Å². The topological polar surface area (TPSA) is 237 Å². The van der Waals surface area contributed by atoms with Gasteiger partial charge in [0.25, 0.3) is 0 Å². The Morgan fingerprint density at radius 2 is 0.490 bits per heavy atom. The SMILES string of the molecule is CCCCC/C=C\C/C=C\C/C=C\C/C=C\C/C=C\CCC(=O)OC[C@H](COP(=O)(O)OC[C@@H](O)COP(=O)(O)OC[C@@H](COC(=O)CCCCCCC/C=C\C/C=C\CCCCC)OC(=O)CCCCCCC/C=C\CCCCCCCC)OC(=O)CCCCCCCCC/C=C\CCCCCC. The van der Waals surface area contributed by atoms with Gasteiger partial charge in [-0.3, -0.25) is 37.3 Å². The van der Waals surface area contributed by atoms with Gasteiger partial charge in [0.15, 0.2) is 12.2 Å². The highest BCUT2D eigenvalue weighted by Crippen LogP contribution is 2.45. The molecule has 0 aliphatic heterocycles. The van der Waals surface area contributed by atoms with Gasteiger partial charge in [-0.1, -0.05) is 285 Å². The van der Waals surface area contributed by atoms with E-state index in [0.717, 1.165) is 161 Å². The quantitative estimate of drug-likeness (QED) is 0.0169. The minimum absolute atomic E-state index is 0.0367. The number of esters is 4. The number of aliphatic hydroxyl groups is 1. The first-order chi connectivity index (χ1) is 50.7. The van der Waals surface area contributed by atoms with E-state index in [-0.39, 0.29) is 25.7 Å². The maximum Gasteiger partial charge on any atom is 0.472 e. The van der Waals surface area contributed by atoms with Crippen LogP contribution < -0.4 is 0 Å². The molecule has 0 aromatic rings. The summed E-state index contributed by atoms with van der Waals surface area (Å²) in [5.41, 5.74) is 0. The third-order valence-corrected chi connectivity index (χ3v) is 19.1. The Hall–Kier alpha value is -4.28. The Labute approximate surface area is 632 Å². The maximum atomic E-state index is 13.1. The zero-order chi connectivity index (χ0) is 76.0. The van der Waals surface area contributed by atoms with Crippen LogP contribution >= 0.6 is 15.6 Å². The Kier molecular flexibility index (Phi) is 73.7. The van der Waals surface area contributed by atoms with Gasteiger partial charge in [0.1, 0.15) is 19.3 Å². The van der Waals surface area contributed by atoms with Crippen LogP contribution in [-0.4, -0.2) is 96.7 Å². The van der Waals surface area contributed by atoms with Gasteiger partial charge in [-0.05, 0) is 148 Å². The third-order valence-electron chi connectivity index (χ3n) is 17.2. The molecule has 2 unspecified atom stereocenters. The van der Waals surface area contributed by atoms with Gasteiger partial charge in [0, 0.05) is 25.7 Å². The van der Waals surface area contributed by atoms with E-state index in [0.29, 0.717) is 32.1 Å². The number of allylic oxidation sites excluding steroid dienone is 18. The van der Waals surface area contributed by atoms with E-state index in [1.54, 1.807) is 0 Å². The van der Waals surface area contributed by atoms with Crippen LogP contribution in [0.3, 0.4) is 0 Å². The van der Waals surface area contributed by atoms with E-state index in [9.17, 15) is 43.2 Å². The molecule has 0 radical (unpaired) electrons. The minimum atomic E-state index is -5.00. The lowest BCUT2D eigenvalue weighted by molar-refractivity contribution is -0.161. The zero-order valence-corrected chi connectivity index (χ0v) is 67.5. The molecule has 0 heterocycles. The standard InChI is InChI=1S/C85H148O17P2/c1-5-9-13-17-21-25-29-33-37-38-39-40-44-46-50-54-58-62-66-70-83(88)96-76-81(102-85(90)72-68-64-60-56-52-48-43-36-32-28-24-20-16-12-8-4)78-100-104(93,94)98-74-79(86)73-97-103(91,92)99-77-80(101-84(89)71-67-63-59-55-51-47-42-35-31-27-23-19-15-11-7-3)75-95-82(87)69-65-61-57-53-49-45-41-34-30-26-22-18-14-10-6-2/h21-22,25-26,28,32-35,37,39-42,46,50,58,62,79-81,86H,5-20,23-24,27,29-31,36,38,43-45,47-49,51-57,59-61,63-78H2,1-4H3,(H,91,92)(H,93,94)/b25-21-,26-22-,32-28-,37-33-,40-39-,41-34-,42-35-,50-46-,62-58-/t79-,80+,81+/m0/s1. The Bertz CT molecular complexity index is 2390. The van der Waals surface area contributed by atoms with E-state index in [1.807, 2.05) is 12.2 Å².